The molecule has 0 bridgehead atoms. The summed E-state index contributed by atoms with van der Waals surface area (Å²) in [4.78, 5) is 14.4. The molecule has 1 aromatic rings. The molecule has 5 nitrogen and oxygen atoms in total. The van der Waals surface area contributed by atoms with E-state index in [-0.39, 0.29) is 24.7 Å². The lowest BCUT2D eigenvalue weighted by Crippen LogP contribution is -2.36. The molecule has 2 unspecified atom stereocenters. The molecule has 0 aromatic heterocycles. The topological polar surface area (TPSA) is 59.0 Å². The summed E-state index contributed by atoms with van der Waals surface area (Å²) in [6.45, 7) is 2.74. The second kappa shape index (κ2) is 8.19. The van der Waals surface area contributed by atoms with Gasteiger partial charge in [-0.05, 0) is 55.7 Å². The van der Waals surface area contributed by atoms with Crippen molar-refractivity contribution in [2.24, 2.45) is 5.92 Å². The van der Waals surface area contributed by atoms with Gasteiger partial charge in [0.05, 0.1) is 25.4 Å². The molecule has 0 spiro atoms. The number of aliphatic hydroxyl groups excluding tert-OH is 1. The summed E-state index contributed by atoms with van der Waals surface area (Å²) in [7, 11) is 1.63. The molecular formula is C20H29NO4. The van der Waals surface area contributed by atoms with Crippen molar-refractivity contribution in [3.8, 4) is 5.75 Å². The zero-order valence-corrected chi connectivity index (χ0v) is 15.2. The highest BCUT2D eigenvalue weighted by atomic mass is 16.5. The van der Waals surface area contributed by atoms with Gasteiger partial charge < -0.3 is 19.5 Å². The number of nitrogens with zero attached hydrogens (tertiary/aromatic N) is 1. The van der Waals surface area contributed by atoms with Crippen molar-refractivity contribution >= 4 is 5.91 Å². The molecule has 1 aliphatic carbocycles. The Morgan fingerprint density at radius 1 is 1.28 bits per heavy atom. The molecular weight excluding hydrogens is 318 g/mol. The van der Waals surface area contributed by atoms with E-state index in [0.29, 0.717) is 13.0 Å². The highest BCUT2D eigenvalue weighted by molar-refractivity contribution is 5.78. The zero-order chi connectivity index (χ0) is 17.8. The minimum Gasteiger partial charge on any atom is -0.497 e. The van der Waals surface area contributed by atoms with Crippen LogP contribution in [0.15, 0.2) is 24.3 Å². The first-order chi connectivity index (χ1) is 12.1. The SMILES string of the molecule is COc1cccc(C2CC(O)CN2C(=O)COC2CCC(C)CC2)c1. The van der Waals surface area contributed by atoms with Crippen molar-refractivity contribution in [2.75, 3.05) is 20.3 Å². The standard InChI is InChI=1S/C20H29NO4/c1-14-6-8-17(9-7-14)25-13-20(23)21-12-16(22)11-19(21)15-4-3-5-18(10-15)24-2/h3-5,10,14,16-17,19,22H,6-9,11-13H2,1-2H3. The summed E-state index contributed by atoms with van der Waals surface area (Å²) in [5, 5.41) is 10.1. The Bertz CT molecular complexity index is 583. The number of rotatable bonds is 5. The van der Waals surface area contributed by atoms with Crippen molar-refractivity contribution < 1.29 is 19.4 Å². The first-order valence-electron chi connectivity index (χ1n) is 9.30. The Morgan fingerprint density at radius 3 is 2.76 bits per heavy atom. The van der Waals surface area contributed by atoms with Crippen LogP contribution in [-0.2, 0) is 9.53 Å². The van der Waals surface area contributed by atoms with Crippen molar-refractivity contribution in [1.82, 2.24) is 4.90 Å². The summed E-state index contributed by atoms with van der Waals surface area (Å²) >= 11 is 0. The fourth-order valence-corrected chi connectivity index (χ4v) is 3.92. The molecule has 1 amide bonds. The van der Waals surface area contributed by atoms with Crippen LogP contribution in [0.2, 0.25) is 0 Å². The maximum Gasteiger partial charge on any atom is 0.249 e. The van der Waals surface area contributed by atoms with E-state index >= 15 is 0 Å². The van der Waals surface area contributed by atoms with E-state index in [1.165, 1.54) is 12.8 Å². The average molecular weight is 347 g/mol. The lowest BCUT2D eigenvalue weighted by molar-refractivity contribution is -0.140. The Balaban J connectivity index is 1.61. The minimum atomic E-state index is -0.490. The third-order valence-electron chi connectivity index (χ3n) is 5.48. The van der Waals surface area contributed by atoms with E-state index in [4.69, 9.17) is 9.47 Å². The van der Waals surface area contributed by atoms with E-state index in [2.05, 4.69) is 6.92 Å². The number of amides is 1. The fourth-order valence-electron chi connectivity index (χ4n) is 3.92. The van der Waals surface area contributed by atoms with Crippen LogP contribution >= 0.6 is 0 Å². The van der Waals surface area contributed by atoms with Crippen LogP contribution in [0, 0.1) is 5.92 Å². The van der Waals surface area contributed by atoms with E-state index in [1.54, 1.807) is 12.0 Å². The number of ether oxygens (including phenoxy) is 2. The van der Waals surface area contributed by atoms with Gasteiger partial charge in [-0.2, -0.15) is 0 Å². The van der Waals surface area contributed by atoms with Crippen LogP contribution in [0.1, 0.15) is 50.6 Å². The average Bonchev–Trinajstić information content (AvgIpc) is 3.03. The van der Waals surface area contributed by atoms with Crippen LogP contribution in [0.3, 0.4) is 0 Å². The van der Waals surface area contributed by atoms with Crippen molar-refractivity contribution in [3.63, 3.8) is 0 Å². The number of benzene rings is 1. The molecule has 1 saturated heterocycles. The molecule has 2 aliphatic rings. The van der Waals surface area contributed by atoms with E-state index in [1.807, 2.05) is 24.3 Å². The molecule has 138 valence electrons. The number of hydrogen-bond donors (Lipinski definition) is 1. The van der Waals surface area contributed by atoms with Gasteiger partial charge in [-0.3, -0.25) is 4.79 Å². The maximum absolute atomic E-state index is 12.7. The Labute approximate surface area is 149 Å². The van der Waals surface area contributed by atoms with E-state index < -0.39 is 6.10 Å². The smallest absolute Gasteiger partial charge is 0.249 e. The third-order valence-corrected chi connectivity index (χ3v) is 5.48. The lowest BCUT2D eigenvalue weighted by Gasteiger charge is -2.28. The van der Waals surface area contributed by atoms with Crippen molar-refractivity contribution in [2.45, 2.75) is 57.3 Å². The number of carbonyl (C=O) groups excluding carboxylic acids is 1. The van der Waals surface area contributed by atoms with Crippen LogP contribution in [0.5, 0.6) is 5.75 Å². The van der Waals surface area contributed by atoms with Crippen LogP contribution in [0.25, 0.3) is 0 Å². The molecule has 1 heterocycles. The van der Waals surface area contributed by atoms with Gasteiger partial charge in [0, 0.05) is 6.54 Å². The minimum absolute atomic E-state index is 0.0389. The first-order valence-corrected chi connectivity index (χ1v) is 9.30. The molecule has 1 aromatic carbocycles. The summed E-state index contributed by atoms with van der Waals surface area (Å²) in [5.74, 6) is 1.49. The molecule has 5 heteroatoms. The molecule has 1 saturated carbocycles. The molecule has 0 radical (unpaired) electrons. The highest BCUT2D eigenvalue weighted by Gasteiger charge is 2.35. The van der Waals surface area contributed by atoms with Crippen LogP contribution in [-0.4, -0.2) is 48.4 Å². The first kappa shape index (κ1) is 18.2. The number of likely N-dealkylation sites (tertiary alicyclic amines) is 1. The number of carbonyl (C=O) groups is 1. The molecule has 2 fully saturated rings. The predicted octanol–water partition coefficient (Wildman–Crippen LogP) is 2.92. The summed E-state index contributed by atoms with van der Waals surface area (Å²) in [5.41, 5.74) is 0.996. The van der Waals surface area contributed by atoms with Crippen LogP contribution < -0.4 is 4.74 Å². The van der Waals surface area contributed by atoms with Gasteiger partial charge in [0.1, 0.15) is 12.4 Å². The third kappa shape index (κ3) is 4.53. The van der Waals surface area contributed by atoms with Gasteiger partial charge in [-0.15, -0.1) is 0 Å². The summed E-state index contributed by atoms with van der Waals surface area (Å²) in [6, 6.07) is 7.60. The van der Waals surface area contributed by atoms with Gasteiger partial charge in [-0.1, -0.05) is 19.1 Å². The van der Waals surface area contributed by atoms with Crippen molar-refractivity contribution in [3.05, 3.63) is 29.8 Å². The Kier molecular flexibility index (Phi) is 5.97. The maximum atomic E-state index is 12.7. The Hall–Kier alpha value is -1.59. The fraction of sp³-hybridized carbons (Fsp3) is 0.650. The molecule has 3 rings (SSSR count). The largest absolute Gasteiger partial charge is 0.497 e. The quantitative estimate of drug-likeness (QED) is 0.890. The molecule has 2 atom stereocenters. The lowest BCUT2D eigenvalue weighted by atomic mass is 9.89. The second-order valence-corrected chi connectivity index (χ2v) is 7.42. The monoisotopic (exact) mass is 347 g/mol. The summed E-state index contributed by atoms with van der Waals surface area (Å²) in [6.07, 6.45) is 4.69. The predicted molar refractivity (Wildman–Crippen MR) is 95.4 cm³/mol. The molecule has 25 heavy (non-hydrogen) atoms. The number of hydrogen-bond acceptors (Lipinski definition) is 4. The molecule has 1 aliphatic heterocycles. The number of β-amino-alcohol motifs (C(OH)–C–C–N with tert-alkyl or cyclic N) is 1. The number of aliphatic hydroxyl groups is 1. The van der Waals surface area contributed by atoms with Gasteiger partial charge in [0.25, 0.3) is 0 Å². The van der Waals surface area contributed by atoms with E-state index in [9.17, 15) is 9.90 Å². The van der Waals surface area contributed by atoms with Crippen LogP contribution in [0.4, 0.5) is 0 Å². The normalized spacial score (nSPS) is 29.6. The van der Waals surface area contributed by atoms with E-state index in [0.717, 1.165) is 30.1 Å². The zero-order valence-electron chi connectivity index (χ0n) is 15.2. The number of methoxy groups -OCH3 is 1. The second-order valence-electron chi connectivity index (χ2n) is 7.42. The van der Waals surface area contributed by atoms with Crippen molar-refractivity contribution in [1.29, 1.82) is 0 Å². The molecule has 1 N–H and O–H groups in total. The summed E-state index contributed by atoms with van der Waals surface area (Å²) < 4.78 is 11.2. The Morgan fingerprint density at radius 2 is 2.04 bits per heavy atom. The van der Waals surface area contributed by atoms with Gasteiger partial charge in [0.2, 0.25) is 5.91 Å². The van der Waals surface area contributed by atoms with Gasteiger partial charge >= 0.3 is 0 Å². The highest BCUT2D eigenvalue weighted by Crippen LogP contribution is 2.34. The van der Waals surface area contributed by atoms with Gasteiger partial charge in [-0.25, -0.2) is 0 Å². The van der Waals surface area contributed by atoms with Gasteiger partial charge in [0.15, 0.2) is 0 Å².